The third-order valence-corrected chi connectivity index (χ3v) is 2.12. The van der Waals surface area contributed by atoms with Crippen molar-refractivity contribution >= 4 is 6.29 Å². The fourth-order valence-corrected chi connectivity index (χ4v) is 1.49. The lowest BCUT2D eigenvalue weighted by Gasteiger charge is -2.14. The number of halogens is 2. The molecule has 1 fully saturated rings. The van der Waals surface area contributed by atoms with Gasteiger partial charge in [-0.3, -0.25) is 0 Å². The molecule has 0 saturated heterocycles. The van der Waals surface area contributed by atoms with Gasteiger partial charge in [-0.2, -0.15) is 0 Å². The van der Waals surface area contributed by atoms with Crippen molar-refractivity contribution < 1.29 is 13.6 Å². The Balaban J connectivity index is 2.53. The molecule has 0 spiro atoms. The Bertz CT molecular complexity index is 145. The molecule has 1 aliphatic rings. The SMILES string of the molecule is O=CC1CCCCC(F)(F)C1. The quantitative estimate of drug-likeness (QED) is 0.427. The highest BCUT2D eigenvalue weighted by molar-refractivity contribution is 5.53. The molecular weight excluding hydrogens is 150 g/mol. The van der Waals surface area contributed by atoms with E-state index in [0.29, 0.717) is 19.1 Å². The van der Waals surface area contributed by atoms with Gasteiger partial charge in [0.25, 0.3) is 0 Å². The summed E-state index contributed by atoms with van der Waals surface area (Å²) in [6.45, 7) is 0. The summed E-state index contributed by atoms with van der Waals surface area (Å²) in [5.41, 5.74) is 0. The van der Waals surface area contributed by atoms with Gasteiger partial charge in [-0.15, -0.1) is 0 Å². The van der Waals surface area contributed by atoms with Crippen molar-refractivity contribution in [1.82, 2.24) is 0 Å². The van der Waals surface area contributed by atoms with Gasteiger partial charge in [0.1, 0.15) is 6.29 Å². The first kappa shape index (κ1) is 8.62. The van der Waals surface area contributed by atoms with E-state index in [1.165, 1.54) is 0 Å². The van der Waals surface area contributed by atoms with Crippen LogP contribution in [-0.4, -0.2) is 12.2 Å². The van der Waals surface area contributed by atoms with E-state index < -0.39 is 11.8 Å². The number of hydrogen-bond donors (Lipinski definition) is 0. The van der Waals surface area contributed by atoms with Gasteiger partial charge < -0.3 is 4.79 Å². The fourth-order valence-electron chi connectivity index (χ4n) is 1.49. The molecule has 1 unspecified atom stereocenters. The van der Waals surface area contributed by atoms with Gasteiger partial charge in [0, 0.05) is 18.8 Å². The minimum absolute atomic E-state index is 0.0443. The van der Waals surface area contributed by atoms with Crippen molar-refractivity contribution in [1.29, 1.82) is 0 Å². The molecule has 1 rings (SSSR count). The van der Waals surface area contributed by atoms with Gasteiger partial charge in [-0.25, -0.2) is 8.78 Å². The van der Waals surface area contributed by atoms with Crippen LogP contribution in [0.3, 0.4) is 0 Å². The second-order valence-corrected chi connectivity index (χ2v) is 3.20. The fraction of sp³-hybridized carbons (Fsp3) is 0.875. The van der Waals surface area contributed by atoms with Gasteiger partial charge in [-0.1, -0.05) is 6.42 Å². The maximum Gasteiger partial charge on any atom is 0.248 e. The van der Waals surface area contributed by atoms with Crippen LogP contribution in [0.5, 0.6) is 0 Å². The van der Waals surface area contributed by atoms with E-state index >= 15 is 0 Å². The van der Waals surface area contributed by atoms with Crippen LogP contribution in [0.15, 0.2) is 0 Å². The van der Waals surface area contributed by atoms with Crippen molar-refractivity contribution in [3.05, 3.63) is 0 Å². The van der Waals surface area contributed by atoms with E-state index in [-0.39, 0.29) is 12.8 Å². The van der Waals surface area contributed by atoms with E-state index in [1.54, 1.807) is 0 Å². The molecule has 11 heavy (non-hydrogen) atoms. The zero-order valence-electron chi connectivity index (χ0n) is 6.35. The number of hydrogen-bond acceptors (Lipinski definition) is 1. The molecular formula is C8H12F2O. The molecule has 0 aliphatic heterocycles. The minimum Gasteiger partial charge on any atom is -0.303 e. The van der Waals surface area contributed by atoms with Gasteiger partial charge in [0.05, 0.1) is 0 Å². The first-order chi connectivity index (χ1) is 5.14. The highest BCUT2D eigenvalue weighted by Gasteiger charge is 2.33. The molecule has 0 N–H and O–H groups in total. The molecule has 1 nitrogen and oxygen atoms in total. The van der Waals surface area contributed by atoms with Crippen LogP contribution in [0.1, 0.15) is 32.1 Å². The molecule has 1 aliphatic carbocycles. The maximum atomic E-state index is 12.7. The number of aldehydes is 1. The van der Waals surface area contributed by atoms with E-state index in [9.17, 15) is 13.6 Å². The average molecular weight is 162 g/mol. The normalized spacial score (nSPS) is 30.9. The summed E-state index contributed by atoms with van der Waals surface area (Å²) in [6, 6.07) is 0. The van der Waals surface area contributed by atoms with Crippen LogP contribution in [-0.2, 0) is 4.79 Å². The Morgan fingerprint density at radius 2 is 2.09 bits per heavy atom. The standard InChI is InChI=1S/C8H12F2O/c9-8(10)4-2-1-3-7(5-8)6-11/h6-7H,1-5H2. The minimum atomic E-state index is -2.60. The molecule has 0 amide bonds. The Hall–Kier alpha value is -0.470. The lowest BCUT2D eigenvalue weighted by molar-refractivity contribution is -0.114. The van der Waals surface area contributed by atoms with E-state index in [1.807, 2.05) is 0 Å². The number of rotatable bonds is 1. The van der Waals surface area contributed by atoms with Crippen LogP contribution in [0, 0.1) is 5.92 Å². The summed E-state index contributed by atoms with van der Waals surface area (Å²) in [5, 5.41) is 0. The number of alkyl halides is 2. The second-order valence-electron chi connectivity index (χ2n) is 3.20. The topological polar surface area (TPSA) is 17.1 Å². The Morgan fingerprint density at radius 1 is 1.36 bits per heavy atom. The molecule has 0 aromatic heterocycles. The third kappa shape index (κ3) is 2.56. The third-order valence-electron chi connectivity index (χ3n) is 2.12. The highest BCUT2D eigenvalue weighted by atomic mass is 19.3. The van der Waals surface area contributed by atoms with E-state index in [0.717, 1.165) is 6.42 Å². The van der Waals surface area contributed by atoms with E-state index in [2.05, 4.69) is 0 Å². The van der Waals surface area contributed by atoms with Crippen LogP contribution in [0.4, 0.5) is 8.78 Å². The first-order valence-electron chi connectivity index (χ1n) is 3.97. The van der Waals surface area contributed by atoms with Crippen molar-refractivity contribution in [3.63, 3.8) is 0 Å². The molecule has 0 aromatic carbocycles. The van der Waals surface area contributed by atoms with Crippen LogP contribution < -0.4 is 0 Å². The second kappa shape index (κ2) is 3.28. The summed E-state index contributed by atoms with van der Waals surface area (Å²) in [7, 11) is 0. The van der Waals surface area contributed by atoms with Crippen LogP contribution >= 0.6 is 0 Å². The monoisotopic (exact) mass is 162 g/mol. The summed E-state index contributed by atoms with van der Waals surface area (Å²) in [5.74, 6) is -3.00. The molecule has 3 heteroatoms. The molecule has 0 radical (unpaired) electrons. The van der Waals surface area contributed by atoms with Gasteiger partial charge in [0.2, 0.25) is 5.92 Å². The molecule has 0 aromatic rings. The number of carbonyl (C=O) groups excluding carboxylic acids is 1. The smallest absolute Gasteiger partial charge is 0.248 e. The maximum absolute atomic E-state index is 12.7. The lowest BCUT2D eigenvalue weighted by Crippen LogP contribution is -2.18. The Kier molecular flexibility index (Phi) is 2.58. The summed E-state index contributed by atoms with van der Waals surface area (Å²) in [4.78, 5) is 10.3. The number of carbonyl (C=O) groups is 1. The molecule has 1 atom stereocenters. The van der Waals surface area contributed by atoms with E-state index in [4.69, 9.17) is 0 Å². The highest BCUT2D eigenvalue weighted by Crippen LogP contribution is 2.34. The predicted molar refractivity (Wildman–Crippen MR) is 37.6 cm³/mol. The molecule has 0 heterocycles. The van der Waals surface area contributed by atoms with Crippen LogP contribution in [0.2, 0.25) is 0 Å². The lowest BCUT2D eigenvalue weighted by atomic mass is 10.0. The van der Waals surface area contributed by atoms with Crippen molar-refractivity contribution in [3.8, 4) is 0 Å². The van der Waals surface area contributed by atoms with Gasteiger partial charge in [-0.05, 0) is 12.8 Å². The summed E-state index contributed by atoms with van der Waals surface area (Å²) < 4.78 is 25.5. The summed E-state index contributed by atoms with van der Waals surface area (Å²) >= 11 is 0. The van der Waals surface area contributed by atoms with Crippen molar-refractivity contribution in [2.75, 3.05) is 0 Å². The average Bonchev–Trinajstić information content (AvgIpc) is 2.10. The van der Waals surface area contributed by atoms with Crippen LogP contribution in [0.25, 0.3) is 0 Å². The molecule has 0 bridgehead atoms. The van der Waals surface area contributed by atoms with Gasteiger partial charge >= 0.3 is 0 Å². The largest absolute Gasteiger partial charge is 0.303 e. The first-order valence-corrected chi connectivity index (χ1v) is 3.97. The predicted octanol–water partition coefficient (Wildman–Crippen LogP) is 2.40. The Labute approximate surface area is 64.8 Å². The van der Waals surface area contributed by atoms with Crippen molar-refractivity contribution in [2.24, 2.45) is 5.92 Å². The zero-order chi connectivity index (χ0) is 8.32. The zero-order valence-corrected chi connectivity index (χ0v) is 6.35. The van der Waals surface area contributed by atoms with Gasteiger partial charge in [0.15, 0.2) is 0 Å². The summed E-state index contributed by atoms with van der Waals surface area (Å²) in [6.07, 6.45) is 2.34. The molecule has 1 saturated carbocycles. The Morgan fingerprint density at radius 3 is 2.73 bits per heavy atom. The molecule has 64 valence electrons. The van der Waals surface area contributed by atoms with Crippen molar-refractivity contribution in [2.45, 2.75) is 38.0 Å².